The van der Waals surface area contributed by atoms with E-state index in [-0.39, 0.29) is 0 Å². The molecule has 0 aromatic heterocycles. The van der Waals surface area contributed by atoms with Crippen LogP contribution < -0.4 is 9.47 Å². The van der Waals surface area contributed by atoms with Crippen molar-refractivity contribution in [1.82, 2.24) is 0 Å². The molecule has 2 aromatic rings. The summed E-state index contributed by atoms with van der Waals surface area (Å²) < 4.78 is 11.6. The molecule has 0 N–H and O–H groups in total. The summed E-state index contributed by atoms with van der Waals surface area (Å²) in [6.07, 6.45) is 29.6. The number of allylic oxidation sites excluding steroid dienone is 10. The van der Waals surface area contributed by atoms with Gasteiger partial charge in [-0.2, -0.15) is 0 Å². The molecule has 0 bridgehead atoms. The van der Waals surface area contributed by atoms with Crippen molar-refractivity contribution >= 4 is 12.4 Å². The Balaban J connectivity index is 1.73. The number of nitrogens with zero attached hydrogens (tertiary/aromatic N) is 2. The van der Waals surface area contributed by atoms with Crippen LogP contribution in [-0.2, 0) is 0 Å². The first-order chi connectivity index (χ1) is 16.4. The van der Waals surface area contributed by atoms with Crippen LogP contribution in [0.15, 0.2) is 144 Å². The molecule has 0 saturated carbocycles. The number of ether oxygens (including phenoxy) is 2. The van der Waals surface area contributed by atoms with Crippen molar-refractivity contribution in [3.05, 3.63) is 145 Å². The lowest BCUT2D eigenvalue weighted by Gasteiger charge is -2.05. The molecule has 2 aromatic carbocycles. The van der Waals surface area contributed by atoms with Gasteiger partial charge in [-0.15, -0.1) is 0 Å². The molecule has 0 aliphatic carbocycles. The van der Waals surface area contributed by atoms with Crippen molar-refractivity contribution in [2.24, 2.45) is 9.98 Å². The number of benzene rings is 2. The lowest BCUT2D eigenvalue weighted by Crippen LogP contribution is -1.96. The minimum Gasteiger partial charge on any atom is -0.489 e. The van der Waals surface area contributed by atoms with Crippen LogP contribution in [0.3, 0.4) is 0 Å². The zero-order valence-corrected chi connectivity index (χ0v) is 18.3. The molecule has 0 spiro atoms. The van der Waals surface area contributed by atoms with E-state index in [1.165, 1.54) is 0 Å². The van der Waals surface area contributed by atoms with E-state index in [0.29, 0.717) is 6.61 Å². The van der Waals surface area contributed by atoms with Crippen LogP contribution >= 0.6 is 0 Å². The smallest absolute Gasteiger partial charge is 0.135 e. The van der Waals surface area contributed by atoms with Crippen LogP contribution in [0.2, 0.25) is 0 Å². The molecule has 0 fully saturated rings. The van der Waals surface area contributed by atoms with Gasteiger partial charge in [0, 0.05) is 36.0 Å². The quantitative estimate of drug-likeness (QED) is 0.460. The summed E-state index contributed by atoms with van der Waals surface area (Å²) in [5, 5.41) is 0. The molecule has 4 nitrogen and oxygen atoms in total. The van der Waals surface area contributed by atoms with Crippen molar-refractivity contribution in [1.29, 1.82) is 0 Å². The van der Waals surface area contributed by atoms with Crippen LogP contribution in [0.1, 0.15) is 11.1 Å². The van der Waals surface area contributed by atoms with Crippen LogP contribution in [0.4, 0.5) is 0 Å². The summed E-state index contributed by atoms with van der Waals surface area (Å²) in [6, 6.07) is 15.6. The van der Waals surface area contributed by atoms with Crippen LogP contribution in [0.5, 0.6) is 11.5 Å². The molecule has 0 radical (unpaired) electrons. The Labute approximate surface area is 195 Å². The molecule has 0 atom stereocenters. The summed E-state index contributed by atoms with van der Waals surface area (Å²) >= 11 is 0. The number of fused-ring (bicyclic) bond motifs is 2. The minimum atomic E-state index is 0.459. The first-order valence-corrected chi connectivity index (χ1v) is 10.6. The number of para-hydroxylation sites is 2. The molecular weight excluding hydrogens is 408 g/mol. The van der Waals surface area contributed by atoms with Crippen LogP contribution in [-0.4, -0.2) is 19.0 Å². The summed E-state index contributed by atoms with van der Waals surface area (Å²) in [4.78, 5) is 8.65. The van der Waals surface area contributed by atoms with Crippen molar-refractivity contribution in [3.8, 4) is 11.5 Å². The summed E-state index contributed by atoms with van der Waals surface area (Å²) in [7, 11) is 0. The molecule has 0 unspecified atom stereocenters. The fourth-order valence-electron chi connectivity index (χ4n) is 2.67. The van der Waals surface area contributed by atoms with Crippen molar-refractivity contribution < 1.29 is 9.47 Å². The standard InChI is InChI=1S/C29H26N2O2/c1-2-5-13-21-31-25-27-17-9-11-19-29(27)33-23-15-7-3-6-14-22-32-28-18-10-8-16-26(28)24-30-20-12-4-1/h1-22,24-25H,23H2. The zero-order chi connectivity index (χ0) is 22.8. The van der Waals surface area contributed by atoms with Gasteiger partial charge in [-0.25, -0.2) is 0 Å². The lowest BCUT2D eigenvalue weighted by molar-refractivity contribution is 0.362. The molecule has 3 rings (SSSR count). The van der Waals surface area contributed by atoms with Crippen LogP contribution in [0.25, 0.3) is 0 Å². The maximum Gasteiger partial charge on any atom is 0.135 e. The van der Waals surface area contributed by atoms with Gasteiger partial charge in [-0.1, -0.05) is 66.8 Å². The molecule has 1 heterocycles. The van der Waals surface area contributed by atoms with Gasteiger partial charge in [0.1, 0.15) is 18.1 Å². The Kier molecular flexibility index (Phi) is 10.2. The van der Waals surface area contributed by atoms with E-state index >= 15 is 0 Å². The second-order valence-corrected chi connectivity index (χ2v) is 6.66. The SMILES string of the molecule is C1=CC=CN=Cc2ccccc2OC=CC=CC=CCOc2ccccc2C=NC=CC=C1. The summed E-state index contributed by atoms with van der Waals surface area (Å²) in [5.41, 5.74) is 1.82. The van der Waals surface area contributed by atoms with Crippen molar-refractivity contribution in [2.45, 2.75) is 0 Å². The van der Waals surface area contributed by atoms with E-state index < -0.39 is 0 Å². The molecule has 164 valence electrons. The highest BCUT2D eigenvalue weighted by Crippen LogP contribution is 2.17. The molecule has 0 saturated heterocycles. The van der Waals surface area contributed by atoms with E-state index in [1.54, 1.807) is 31.1 Å². The third kappa shape index (κ3) is 9.07. The Morgan fingerprint density at radius 3 is 1.82 bits per heavy atom. The van der Waals surface area contributed by atoms with Gasteiger partial charge in [0.2, 0.25) is 0 Å². The number of rotatable bonds is 0. The second-order valence-electron chi connectivity index (χ2n) is 6.66. The minimum absolute atomic E-state index is 0.459. The maximum absolute atomic E-state index is 5.86. The Morgan fingerprint density at radius 2 is 1.09 bits per heavy atom. The van der Waals surface area contributed by atoms with Crippen molar-refractivity contribution in [3.63, 3.8) is 0 Å². The Hall–Kier alpha value is -4.44. The second kappa shape index (κ2) is 14.5. The highest BCUT2D eigenvalue weighted by Gasteiger charge is 1.99. The van der Waals surface area contributed by atoms with Gasteiger partial charge in [-0.3, -0.25) is 9.98 Å². The third-order valence-corrected chi connectivity index (χ3v) is 4.24. The van der Waals surface area contributed by atoms with E-state index in [9.17, 15) is 0 Å². The van der Waals surface area contributed by atoms with E-state index in [2.05, 4.69) is 9.98 Å². The molecule has 1 aliphatic rings. The lowest BCUT2D eigenvalue weighted by atomic mass is 10.2. The van der Waals surface area contributed by atoms with E-state index in [4.69, 9.17) is 9.47 Å². The average molecular weight is 435 g/mol. The Bertz CT molecular complexity index is 1150. The molecule has 4 heteroatoms. The number of aliphatic imine (C=N–C) groups is 2. The average Bonchev–Trinajstić information content (AvgIpc) is 2.84. The van der Waals surface area contributed by atoms with Gasteiger partial charge < -0.3 is 9.47 Å². The van der Waals surface area contributed by atoms with E-state index in [1.807, 2.05) is 115 Å². The Morgan fingerprint density at radius 1 is 0.545 bits per heavy atom. The largest absolute Gasteiger partial charge is 0.489 e. The van der Waals surface area contributed by atoms with Crippen molar-refractivity contribution in [2.75, 3.05) is 6.61 Å². The maximum atomic E-state index is 5.86. The summed E-state index contributed by atoms with van der Waals surface area (Å²) in [5.74, 6) is 1.52. The van der Waals surface area contributed by atoms with Gasteiger partial charge >= 0.3 is 0 Å². The molecular formula is C29H26N2O2. The summed E-state index contributed by atoms with van der Waals surface area (Å²) in [6.45, 7) is 0.459. The fraction of sp³-hybridized carbons (Fsp3) is 0.0345. The molecule has 33 heavy (non-hydrogen) atoms. The third-order valence-electron chi connectivity index (χ3n) is 4.24. The zero-order valence-electron chi connectivity index (χ0n) is 18.3. The van der Waals surface area contributed by atoms with Gasteiger partial charge in [-0.05, 0) is 48.6 Å². The fourth-order valence-corrected chi connectivity index (χ4v) is 2.67. The topological polar surface area (TPSA) is 43.2 Å². The first kappa shape index (κ1) is 23.2. The van der Waals surface area contributed by atoms with Gasteiger partial charge in [0.15, 0.2) is 0 Å². The monoisotopic (exact) mass is 434 g/mol. The highest BCUT2D eigenvalue weighted by atomic mass is 16.5. The predicted molar refractivity (Wildman–Crippen MR) is 138 cm³/mol. The normalized spacial score (nSPS) is 14.5. The number of hydrogen-bond donors (Lipinski definition) is 0. The first-order valence-electron chi connectivity index (χ1n) is 10.6. The number of hydrogen-bond acceptors (Lipinski definition) is 4. The molecule has 0 amide bonds. The van der Waals surface area contributed by atoms with E-state index in [0.717, 1.165) is 22.6 Å². The van der Waals surface area contributed by atoms with Gasteiger partial charge in [0.05, 0.1) is 6.26 Å². The highest BCUT2D eigenvalue weighted by molar-refractivity contribution is 5.84. The predicted octanol–water partition coefficient (Wildman–Crippen LogP) is 6.76. The van der Waals surface area contributed by atoms with Crippen LogP contribution in [0, 0.1) is 0 Å². The van der Waals surface area contributed by atoms with Gasteiger partial charge in [0.25, 0.3) is 0 Å². The molecule has 1 aliphatic heterocycles.